The summed E-state index contributed by atoms with van der Waals surface area (Å²) in [5, 5.41) is 2.81. The zero-order valence-electron chi connectivity index (χ0n) is 8.76. The molecule has 0 aliphatic rings. The van der Waals surface area contributed by atoms with Crippen LogP contribution in [0.25, 0.3) is 11.0 Å². The van der Waals surface area contributed by atoms with Crippen LogP contribution in [-0.2, 0) is 13.2 Å². The molecule has 0 aliphatic heterocycles. The normalized spacial score (nSPS) is 12.1. The Labute approximate surface area is 89.9 Å². The topological polar surface area (TPSA) is 29.9 Å². The number of hydrogen-bond acceptors (Lipinski definition) is 2. The molecule has 0 saturated heterocycles. The van der Waals surface area contributed by atoms with Gasteiger partial charge in [0.1, 0.15) is 0 Å². The molecule has 3 nitrogen and oxygen atoms in total. The molecule has 2 rings (SSSR count). The van der Waals surface area contributed by atoms with Gasteiger partial charge >= 0.3 is 6.18 Å². The summed E-state index contributed by atoms with van der Waals surface area (Å²) >= 11 is 0. The van der Waals surface area contributed by atoms with Crippen molar-refractivity contribution in [1.82, 2.24) is 9.55 Å². The highest BCUT2D eigenvalue weighted by atomic mass is 19.4. The zero-order valence-corrected chi connectivity index (χ0v) is 8.76. The average Bonchev–Trinajstić information content (AvgIpc) is 2.54. The minimum atomic E-state index is -4.33. The fraction of sp³-hybridized carbons (Fsp3) is 0.300. The second-order valence-electron chi connectivity index (χ2n) is 3.45. The van der Waals surface area contributed by atoms with Crippen LogP contribution in [0.4, 0.5) is 19.1 Å². The number of rotatable bonds is 1. The van der Waals surface area contributed by atoms with E-state index in [1.165, 1.54) is 6.07 Å². The van der Waals surface area contributed by atoms with E-state index in [0.717, 1.165) is 12.1 Å². The van der Waals surface area contributed by atoms with Crippen LogP contribution in [0.1, 0.15) is 5.56 Å². The largest absolute Gasteiger partial charge is 0.416 e. The number of anilines is 1. The van der Waals surface area contributed by atoms with E-state index >= 15 is 0 Å². The lowest BCUT2D eigenvalue weighted by atomic mass is 10.2. The molecule has 0 fully saturated rings. The third-order valence-corrected chi connectivity index (χ3v) is 2.43. The summed E-state index contributed by atoms with van der Waals surface area (Å²) in [6.07, 6.45) is -4.33. The molecular weight excluding hydrogens is 219 g/mol. The predicted octanol–water partition coefficient (Wildman–Crippen LogP) is 2.63. The molecule has 0 saturated carbocycles. The standard InChI is InChI=1S/C10H10F3N3/c1-14-9-15-7-5-6(10(11,12)13)3-4-8(7)16(9)2/h3-5H,1-2H3,(H,14,15). The monoisotopic (exact) mass is 229 g/mol. The number of fused-ring (bicyclic) bond motifs is 1. The molecule has 1 heterocycles. The number of nitrogens with zero attached hydrogens (tertiary/aromatic N) is 2. The number of halogens is 3. The molecule has 2 aromatic rings. The van der Waals surface area contributed by atoms with Crippen LogP contribution in [0.15, 0.2) is 18.2 Å². The Morgan fingerprint density at radius 3 is 2.56 bits per heavy atom. The fourth-order valence-corrected chi connectivity index (χ4v) is 1.60. The maximum absolute atomic E-state index is 12.5. The zero-order chi connectivity index (χ0) is 11.9. The minimum Gasteiger partial charge on any atom is -0.359 e. The Bertz CT molecular complexity index is 528. The number of alkyl halides is 3. The molecule has 1 aromatic heterocycles. The molecule has 0 aliphatic carbocycles. The summed E-state index contributed by atoms with van der Waals surface area (Å²) in [5.74, 6) is 0.536. The molecule has 86 valence electrons. The Morgan fingerprint density at radius 2 is 2.00 bits per heavy atom. The van der Waals surface area contributed by atoms with Crippen molar-refractivity contribution in [2.75, 3.05) is 12.4 Å². The lowest BCUT2D eigenvalue weighted by Gasteiger charge is -2.05. The SMILES string of the molecule is CNc1nc2cc(C(F)(F)F)ccc2n1C. The van der Waals surface area contributed by atoms with Gasteiger partial charge in [0.15, 0.2) is 0 Å². The van der Waals surface area contributed by atoms with Crippen LogP contribution < -0.4 is 5.32 Å². The van der Waals surface area contributed by atoms with Gasteiger partial charge in [-0.3, -0.25) is 0 Å². The van der Waals surface area contributed by atoms with E-state index < -0.39 is 11.7 Å². The highest BCUT2D eigenvalue weighted by Gasteiger charge is 2.30. The van der Waals surface area contributed by atoms with E-state index in [2.05, 4.69) is 10.3 Å². The lowest BCUT2D eigenvalue weighted by Crippen LogP contribution is -2.04. The van der Waals surface area contributed by atoms with Crippen LogP contribution in [-0.4, -0.2) is 16.6 Å². The molecule has 0 bridgehead atoms. The molecule has 0 unspecified atom stereocenters. The summed E-state index contributed by atoms with van der Waals surface area (Å²) in [4.78, 5) is 4.06. The van der Waals surface area contributed by atoms with E-state index in [1.54, 1.807) is 18.7 Å². The van der Waals surface area contributed by atoms with Gasteiger partial charge in [0, 0.05) is 14.1 Å². The summed E-state index contributed by atoms with van der Waals surface area (Å²) in [6.45, 7) is 0. The molecule has 0 atom stereocenters. The summed E-state index contributed by atoms with van der Waals surface area (Å²) in [5.41, 5.74) is 0.319. The molecule has 0 spiro atoms. The molecule has 0 radical (unpaired) electrons. The number of aryl methyl sites for hydroxylation is 1. The molecule has 1 N–H and O–H groups in total. The van der Waals surface area contributed by atoms with Gasteiger partial charge in [-0.25, -0.2) is 4.98 Å². The number of benzene rings is 1. The molecule has 0 amide bonds. The van der Waals surface area contributed by atoms with Gasteiger partial charge < -0.3 is 9.88 Å². The quantitative estimate of drug-likeness (QED) is 0.814. The van der Waals surface area contributed by atoms with E-state index in [1.807, 2.05) is 0 Å². The van der Waals surface area contributed by atoms with Crippen molar-refractivity contribution in [2.24, 2.45) is 7.05 Å². The van der Waals surface area contributed by atoms with E-state index in [4.69, 9.17) is 0 Å². The lowest BCUT2D eigenvalue weighted by molar-refractivity contribution is -0.137. The van der Waals surface area contributed by atoms with Crippen molar-refractivity contribution in [3.05, 3.63) is 23.8 Å². The smallest absolute Gasteiger partial charge is 0.359 e. The van der Waals surface area contributed by atoms with Crippen LogP contribution in [0.2, 0.25) is 0 Å². The first-order valence-electron chi connectivity index (χ1n) is 4.65. The highest BCUT2D eigenvalue weighted by molar-refractivity contribution is 5.79. The van der Waals surface area contributed by atoms with Crippen molar-refractivity contribution in [1.29, 1.82) is 0 Å². The van der Waals surface area contributed by atoms with E-state index in [-0.39, 0.29) is 0 Å². The Morgan fingerprint density at radius 1 is 1.31 bits per heavy atom. The average molecular weight is 229 g/mol. The fourth-order valence-electron chi connectivity index (χ4n) is 1.60. The van der Waals surface area contributed by atoms with Gasteiger partial charge in [-0.2, -0.15) is 13.2 Å². The number of hydrogen-bond donors (Lipinski definition) is 1. The van der Waals surface area contributed by atoms with Crippen LogP contribution in [0.3, 0.4) is 0 Å². The third kappa shape index (κ3) is 1.60. The van der Waals surface area contributed by atoms with Gasteiger partial charge in [-0.1, -0.05) is 0 Å². The summed E-state index contributed by atoms with van der Waals surface area (Å²) < 4.78 is 39.1. The van der Waals surface area contributed by atoms with Crippen LogP contribution in [0, 0.1) is 0 Å². The number of imidazole rings is 1. The third-order valence-electron chi connectivity index (χ3n) is 2.43. The molecule has 6 heteroatoms. The number of aromatic nitrogens is 2. The Hall–Kier alpha value is -1.72. The van der Waals surface area contributed by atoms with Gasteiger partial charge in [0.05, 0.1) is 16.6 Å². The van der Waals surface area contributed by atoms with Gasteiger partial charge in [-0.15, -0.1) is 0 Å². The highest BCUT2D eigenvalue weighted by Crippen LogP contribution is 2.31. The second kappa shape index (κ2) is 3.40. The van der Waals surface area contributed by atoms with Gasteiger partial charge in [0.25, 0.3) is 0 Å². The molecular formula is C10H10F3N3. The van der Waals surface area contributed by atoms with Crippen molar-refractivity contribution in [3.63, 3.8) is 0 Å². The number of nitrogens with one attached hydrogen (secondary N) is 1. The van der Waals surface area contributed by atoms with Crippen molar-refractivity contribution in [3.8, 4) is 0 Å². The maximum Gasteiger partial charge on any atom is 0.416 e. The Kier molecular flexibility index (Phi) is 2.29. The van der Waals surface area contributed by atoms with Crippen molar-refractivity contribution >= 4 is 17.0 Å². The predicted molar refractivity (Wildman–Crippen MR) is 55.3 cm³/mol. The van der Waals surface area contributed by atoms with Crippen LogP contribution >= 0.6 is 0 Å². The maximum atomic E-state index is 12.5. The van der Waals surface area contributed by atoms with E-state index in [9.17, 15) is 13.2 Å². The first-order valence-corrected chi connectivity index (χ1v) is 4.65. The van der Waals surface area contributed by atoms with Crippen molar-refractivity contribution in [2.45, 2.75) is 6.18 Å². The second-order valence-corrected chi connectivity index (χ2v) is 3.45. The summed E-state index contributed by atoms with van der Waals surface area (Å²) in [6, 6.07) is 3.53. The first-order chi connectivity index (χ1) is 7.43. The van der Waals surface area contributed by atoms with E-state index in [0.29, 0.717) is 17.0 Å². The molecule has 16 heavy (non-hydrogen) atoms. The summed E-state index contributed by atoms with van der Waals surface area (Å²) in [7, 11) is 3.42. The van der Waals surface area contributed by atoms with Crippen LogP contribution in [0.5, 0.6) is 0 Å². The van der Waals surface area contributed by atoms with Gasteiger partial charge in [0.2, 0.25) is 5.95 Å². The van der Waals surface area contributed by atoms with Crippen molar-refractivity contribution < 1.29 is 13.2 Å². The minimum absolute atomic E-state index is 0.335. The molecule has 1 aromatic carbocycles. The van der Waals surface area contributed by atoms with Gasteiger partial charge in [-0.05, 0) is 18.2 Å². The first kappa shape index (κ1) is 10.8. The Balaban J connectivity index is 2.64.